The molecule has 2 saturated heterocycles. The largest absolute Gasteiger partial charge is 0.382 e. The summed E-state index contributed by atoms with van der Waals surface area (Å²) in [5.74, 6) is -1.71. The van der Waals surface area contributed by atoms with Gasteiger partial charge in [-0.25, -0.2) is 0 Å². The maximum atomic E-state index is 10.9. The Morgan fingerprint density at radius 2 is 1.30 bits per heavy atom. The smallest absolute Gasteiger partial charge is 0.219 e. The Hall–Kier alpha value is -0.440. The van der Waals surface area contributed by atoms with E-state index < -0.39 is 54.8 Å². The van der Waals surface area contributed by atoms with Gasteiger partial charge in [-0.15, -0.1) is 0 Å². The first-order valence-electron chi connectivity index (χ1n) is 9.73. The number of hydrogen-bond acceptors (Lipinski definition) is 11. The molecule has 0 aromatic heterocycles. The van der Waals surface area contributed by atoms with Crippen molar-refractivity contribution in [1.29, 1.82) is 0 Å². The topological polar surface area (TPSA) is 113 Å². The summed E-state index contributed by atoms with van der Waals surface area (Å²) in [5, 5.41) is 10.9. The van der Waals surface area contributed by atoms with Crippen molar-refractivity contribution in [3.63, 3.8) is 0 Å². The van der Waals surface area contributed by atoms with E-state index in [1.165, 1.54) is 28.4 Å². The Balaban J connectivity index is 2.30. The Morgan fingerprint density at radius 1 is 0.700 bits per heavy atom. The van der Waals surface area contributed by atoms with E-state index in [-0.39, 0.29) is 19.8 Å². The molecule has 30 heavy (non-hydrogen) atoms. The zero-order valence-electron chi connectivity index (χ0n) is 18.8. The summed E-state index contributed by atoms with van der Waals surface area (Å²) < 4.78 is 56.3. The number of hydrogen-bond donors (Lipinski definition) is 1. The van der Waals surface area contributed by atoms with Crippen LogP contribution in [0.1, 0.15) is 0 Å². The van der Waals surface area contributed by atoms with Gasteiger partial charge in [0.25, 0.3) is 0 Å². The van der Waals surface area contributed by atoms with Gasteiger partial charge in [0.05, 0.1) is 13.2 Å². The van der Waals surface area contributed by atoms with Crippen LogP contribution in [0.25, 0.3) is 0 Å². The molecular formula is C19H36O11. The molecular weight excluding hydrogens is 404 g/mol. The van der Waals surface area contributed by atoms with Crippen LogP contribution in [-0.2, 0) is 47.4 Å². The van der Waals surface area contributed by atoms with Crippen LogP contribution in [-0.4, -0.2) is 130 Å². The van der Waals surface area contributed by atoms with E-state index in [1.54, 1.807) is 21.3 Å². The molecule has 2 rings (SSSR count). The molecule has 0 bridgehead atoms. The lowest BCUT2D eigenvalue weighted by Gasteiger charge is -2.45. The zero-order chi connectivity index (χ0) is 22.3. The third-order valence-electron chi connectivity index (χ3n) is 5.43. The monoisotopic (exact) mass is 440 g/mol. The highest BCUT2D eigenvalue weighted by Gasteiger charge is 2.58. The van der Waals surface area contributed by atoms with Crippen molar-refractivity contribution in [2.75, 3.05) is 69.6 Å². The SMILES string of the molecule is COCC1OC(OC2C(COC)OC(O)(COC)C2OC)C(OC)C(OC)C1OC. The molecule has 11 heteroatoms. The van der Waals surface area contributed by atoms with Gasteiger partial charge in [0, 0.05) is 49.8 Å². The molecule has 2 aliphatic rings. The quantitative estimate of drug-likeness (QED) is 0.411. The highest BCUT2D eigenvalue weighted by atomic mass is 16.8. The van der Waals surface area contributed by atoms with Gasteiger partial charge in [-0.2, -0.15) is 0 Å². The van der Waals surface area contributed by atoms with Gasteiger partial charge in [0.2, 0.25) is 5.79 Å². The molecule has 9 atom stereocenters. The fraction of sp³-hybridized carbons (Fsp3) is 1.00. The molecule has 2 heterocycles. The van der Waals surface area contributed by atoms with Gasteiger partial charge in [0.15, 0.2) is 6.29 Å². The molecule has 0 aliphatic carbocycles. The van der Waals surface area contributed by atoms with Crippen LogP contribution in [0.4, 0.5) is 0 Å². The fourth-order valence-electron chi connectivity index (χ4n) is 4.18. The van der Waals surface area contributed by atoms with E-state index in [0.717, 1.165) is 0 Å². The van der Waals surface area contributed by atoms with Crippen molar-refractivity contribution < 1.29 is 52.5 Å². The van der Waals surface area contributed by atoms with Crippen LogP contribution >= 0.6 is 0 Å². The lowest BCUT2D eigenvalue weighted by atomic mass is 9.98. The first-order chi connectivity index (χ1) is 14.4. The highest BCUT2D eigenvalue weighted by Crippen LogP contribution is 2.37. The van der Waals surface area contributed by atoms with Crippen LogP contribution in [0, 0.1) is 0 Å². The number of ether oxygens (including phenoxy) is 10. The van der Waals surface area contributed by atoms with Crippen molar-refractivity contribution in [2.24, 2.45) is 0 Å². The van der Waals surface area contributed by atoms with E-state index in [2.05, 4.69) is 0 Å². The summed E-state index contributed by atoms with van der Waals surface area (Å²) in [6.07, 6.45) is -5.12. The van der Waals surface area contributed by atoms with Crippen LogP contribution in [0.5, 0.6) is 0 Å². The van der Waals surface area contributed by atoms with E-state index in [9.17, 15) is 5.11 Å². The summed E-state index contributed by atoms with van der Waals surface area (Å²) in [4.78, 5) is 0. The molecule has 0 spiro atoms. The van der Waals surface area contributed by atoms with Crippen LogP contribution in [0.15, 0.2) is 0 Å². The second-order valence-electron chi connectivity index (χ2n) is 7.25. The average Bonchev–Trinajstić information content (AvgIpc) is 2.98. The first kappa shape index (κ1) is 25.8. The molecule has 2 aliphatic heterocycles. The molecule has 1 N–H and O–H groups in total. The molecule has 2 fully saturated rings. The highest BCUT2D eigenvalue weighted by molar-refractivity contribution is 5.00. The van der Waals surface area contributed by atoms with Gasteiger partial charge in [-0.1, -0.05) is 0 Å². The molecule has 0 saturated carbocycles. The predicted octanol–water partition coefficient (Wildman–Crippen LogP) is -0.817. The lowest BCUT2D eigenvalue weighted by molar-refractivity contribution is -0.329. The molecule has 0 aromatic rings. The van der Waals surface area contributed by atoms with Crippen molar-refractivity contribution in [2.45, 2.75) is 54.8 Å². The number of aliphatic hydroxyl groups is 1. The maximum Gasteiger partial charge on any atom is 0.219 e. The Morgan fingerprint density at radius 3 is 1.80 bits per heavy atom. The number of methoxy groups -OCH3 is 7. The van der Waals surface area contributed by atoms with Gasteiger partial charge in [-0.05, 0) is 0 Å². The van der Waals surface area contributed by atoms with Gasteiger partial charge in [0.1, 0.15) is 49.3 Å². The van der Waals surface area contributed by atoms with Crippen molar-refractivity contribution in [1.82, 2.24) is 0 Å². The fourth-order valence-corrected chi connectivity index (χ4v) is 4.18. The van der Waals surface area contributed by atoms with E-state index in [0.29, 0.717) is 0 Å². The van der Waals surface area contributed by atoms with Crippen molar-refractivity contribution in [3.05, 3.63) is 0 Å². The van der Waals surface area contributed by atoms with Crippen molar-refractivity contribution in [3.8, 4) is 0 Å². The second-order valence-corrected chi connectivity index (χ2v) is 7.25. The van der Waals surface area contributed by atoms with E-state index in [1.807, 2.05) is 0 Å². The second kappa shape index (κ2) is 12.0. The molecule has 0 radical (unpaired) electrons. The minimum atomic E-state index is -1.71. The van der Waals surface area contributed by atoms with Crippen LogP contribution in [0.2, 0.25) is 0 Å². The summed E-state index contributed by atoms with van der Waals surface area (Å²) in [7, 11) is 10.7. The Labute approximate surface area is 177 Å². The summed E-state index contributed by atoms with van der Waals surface area (Å²) in [6, 6.07) is 0. The predicted molar refractivity (Wildman–Crippen MR) is 102 cm³/mol. The summed E-state index contributed by atoms with van der Waals surface area (Å²) in [6.45, 7) is 0.318. The van der Waals surface area contributed by atoms with E-state index >= 15 is 0 Å². The lowest BCUT2D eigenvalue weighted by Crippen LogP contribution is -2.62. The molecule has 178 valence electrons. The molecule has 11 nitrogen and oxygen atoms in total. The zero-order valence-corrected chi connectivity index (χ0v) is 18.8. The minimum absolute atomic E-state index is 0.108. The van der Waals surface area contributed by atoms with Gasteiger partial charge in [-0.3, -0.25) is 0 Å². The van der Waals surface area contributed by atoms with Gasteiger partial charge >= 0.3 is 0 Å². The maximum absolute atomic E-state index is 10.9. The minimum Gasteiger partial charge on any atom is -0.382 e. The third-order valence-corrected chi connectivity index (χ3v) is 5.43. The average molecular weight is 440 g/mol. The van der Waals surface area contributed by atoms with Gasteiger partial charge < -0.3 is 52.5 Å². The molecule has 9 unspecified atom stereocenters. The molecule has 0 amide bonds. The summed E-state index contributed by atoms with van der Waals surface area (Å²) >= 11 is 0. The Kier molecular flexibility index (Phi) is 10.3. The molecule has 0 aromatic carbocycles. The van der Waals surface area contributed by atoms with Crippen LogP contribution < -0.4 is 0 Å². The van der Waals surface area contributed by atoms with E-state index in [4.69, 9.17) is 47.4 Å². The van der Waals surface area contributed by atoms with Crippen molar-refractivity contribution >= 4 is 0 Å². The summed E-state index contributed by atoms with van der Waals surface area (Å²) in [5.41, 5.74) is 0. The third kappa shape index (κ3) is 5.30. The standard InChI is InChI=1S/C19H36O11/c1-21-8-11-13(24-4)15(25-5)16(26-6)18(28-11)29-14-12(9-22-2)30-19(20,10-23-3)17(14)27-7/h11-18,20H,8-10H2,1-7H3. The Bertz CT molecular complexity index is 495. The number of rotatable bonds is 12. The first-order valence-corrected chi connectivity index (χ1v) is 9.73. The normalized spacial score (nSPS) is 42.0. The van der Waals surface area contributed by atoms with Crippen LogP contribution in [0.3, 0.4) is 0 Å².